The number of benzene rings is 4. The molecule has 4 N–H and O–H groups in total. The fourth-order valence-corrected chi connectivity index (χ4v) is 4.50. The minimum atomic E-state index is -4.67. The number of rotatable bonds is 9. The quantitative estimate of drug-likeness (QED) is 0.117. The number of methoxy groups -OCH3 is 1. The summed E-state index contributed by atoms with van der Waals surface area (Å²) in [6, 6.07) is 22.3. The van der Waals surface area contributed by atoms with Crippen LogP contribution in [0, 0.1) is 13.8 Å². The molecule has 2 unspecified atom stereocenters. The Morgan fingerprint density at radius 2 is 1.09 bits per heavy atom. The molecule has 0 aliphatic heterocycles. The average Bonchev–Trinajstić information content (AvgIpc) is 3.09. The molecule has 8 nitrogen and oxygen atoms in total. The molecule has 53 heavy (non-hydrogen) atoms. The topological polar surface area (TPSA) is 136 Å². The highest BCUT2D eigenvalue weighted by Crippen LogP contribution is 2.32. The Balaban J connectivity index is 0.000000437. The largest absolute Gasteiger partial charge is 0.478 e. The second kappa shape index (κ2) is 20.7. The van der Waals surface area contributed by atoms with Crippen molar-refractivity contribution >= 4 is 36.0 Å². The molecule has 4 aromatic rings. The lowest BCUT2D eigenvalue weighted by molar-refractivity contribution is -0.143. The first kappa shape index (κ1) is 45.8. The number of ether oxygens (including phenoxy) is 1. The molecule has 15 heteroatoms. The van der Waals surface area contributed by atoms with E-state index in [1.54, 1.807) is 12.1 Å². The zero-order valence-corrected chi connectivity index (χ0v) is 29.9. The van der Waals surface area contributed by atoms with E-state index in [1.165, 1.54) is 30.7 Å². The number of amides is 1. The Kier molecular flexibility index (Phi) is 17.9. The number of aryl methyl sites for hydroxylation is 2. The van der Waals surface area contributed by atoms with Crippen LogP contribution >= 0.6 is 12.4 Å². The second-order valence-electron chi connectivity index (χ2n) is 11.5. The van der Waals surface area contributed by atoms with Crippen molar-refractivity contribution in [1.29, 1.82) is 0 Å². The van der Waals surface area contributed by atoms with Gasteiger partial charge < -0.3 is 20.9 Å². The summed E-state index contributed by atoms with van der Waals surface area (Å²) >= 11 is 0. The maximum atomic E-state index is 13.1. The van der Waals surface area contributed by atoms with Crippen LogP contribution in [0.5, 0.6) is 0 Å². The zero-order chi connectivity index (χ0) is 39.2. The van der Waals surface area contributed by atoms with E-state index in [0.717, 1.165) is 54.1 Å². The van der Waals surface area contributed by atoms with Gasteiger partial charge in [-0.1, -0.05) is 83.9 Å². The molecule has 0 spiro atoms. The van der Waals surface area contributed by atoms with Gasteiger partial charge in [0, 0.05) is 6.42 Å². The van der Waals surface area contributed by atoms with Gasteiger partial charge in [-0.25, -0.2) is 9.59 Å². The summed E-state index contributed by atoms with van der Waals surface area (Å²) in [6.45, 7) is 5.46. The average molecular weight is 769 g/mol. The number of esters is 1. The fourth-order valence-electron chi connectivity index (χ4n) is 4.50. The van der Waals surface area contributed by atoms with Gasteiger partial charge in [-0.3, -0.25) is 9.59 Å². The minimum Gasteiger partial charge on any atom is -0.478 e. The zero-order valence-electron chi connectivity index (χ0n) is 29.0. The van der Waals surface area contributed by atoms with E-state index >= 15 is 0 Å². The van der Waals surface area contributed by atoms with Crippen LogP contribution in [0.15, 0.2) is 97.1 Å². The Morgan fingerprint density at radius 3 is 1.47 bits per heavy atom. The van der Waals surface area contributed by atoms with Gasteiger partial charge in [0.1, 0.15) is 11.8 Å². The van der Waals surface area contributed by atoms with E-state index in [1.807, 2.05) is 50.2 Å². The number of Topliss-reactive ketones (excluding diaryl/α,β-unsaturated/α-hetero) is 1. The lowest BCUT2D eigenvalue weighted by Crippen LogP contribution is -2.43. The third kappa shape index (κ3) is 15.1. The molecule has 0 aromatic heterocycles. The van der Waals surface area contributed by atoms with Gasteiger partial charge in [-0.05, 0) is 62.6 Å². The van der Waals surface area contributed by atoms with Crippen molar-refractivity contribution in [2.45, 2.75) is 58.0 Å². The standard InChI is InChI=1S/C19H18F3NO3.C11H15NO.C8H5F3O2.ClH/c1-12-7-9-13(10-8-12)11-16(18(25)26-2)23-17(24)14-5-3-4-6-15(14)19(20,21)22;1-8-3-5-10(6-4-8)7-11(12)9(2)13;9-8(10,11)6-4-2-1-3-5(6)7(12)13;/h3-10,16H,11H2,1-2H3,(H,23,24);3-6,11H,7,12H2,1-2H3;1-4H,(H,12,13);1H. The summed E-state index contributed by atoms with van der Waals surface area (Å²) in [6.07, 6.45) is -8.55. The Morgan fingerprint density at radius 1 is 0.698 bits per heavy atom. The predicted molar refractivity (Wildman–Crippen MR) is 189 cm³/mol. The maximum Gasteiger partial charge on any atom is 0.417 e. The van der Waals surface area contributed by atoms with Crippen molar-refractivity contribution in [2.24, 2.45) is 5.73 Å². The molecule has 0 radical (unpaired) electrons. The van der Waals surface area contributed by atoms with E-state index in [2.05, 4.69) is 10.1 Å². The first-order valence-electron chi connectivity index (χ1n) is 15.6. The van der Waals surface area contributed by atoms with E-state index in [-0.39, 0.29) is 30.7 Å². The van der Waals surface area contributed by atoms with Gasteiger partial charge in [-0.15, -0.1) is 12.4 Å². The van der Waals surface area contributed by atoms with Crippen LogP contribution < -0.4 is 11.1 Å². The van der Waals surface area contributed by atoms with Crippen LogP contribution in [0.25, 0.3) is 0 Å². The van der Waals surface area contributed by atoms with Crippen molar-refractivity contribution in [3.8, 4) is 0 Å². The summed E-state index contributed by atoms with van der Waals surface area (Å²) in [7, 11) is 1.15. The van der Waals surface area contributed by atoms with Gasteiger partial charge in [0.15, 0.2) is 0 Å². The number of carbonyl (C=O) groups is 4. The molecule has 0 saturated carbocycles. The molecule has 0 aliphatic rings. The Bertz CT molecular complexity index is 1810. The van der Waals surface area contributed by atoms with Crippen LogP contribution in [0.4, 0.5) is 26.3 Å². The molecule has 4 aromatic carbocycles. The van der Waals surface area contributed by atoms with Gasteiger partial charge in [0.05, 0.1) is 35.4 Å². The lowest BCUT2D eigenvalue weighted by Gasteiger charge is -2.18. The normalized spacial score (nSPS) is 11.9. The first-order chi connectivity index (χ1) is 24.2. The van der Waals surface area contributed by atoms with Gasteiger partial charge in [0.25, 0.3) is 5.91 Å². The maximum absolute atomic E-state index is 13.1. The second-order valence-corrected chi connectivity index (χ2v) is 11.5. The molecular weight excluding hydrogens is 730 g/mol. The number of carboxylic acid groups (broad SMARTS) is 1. The summed E-state index contributed by atoms with van der Waals surface area (Å²) in [5, 5.41) is 10.8. The van der Waals surface area contributed by atoms with Crippen LogP contribution in [0.3, 0.4) is 0 Å². The number of halogens is 7. The van der Waals surface area contributed by atoms with Crippen molar-refractivity contribution in [1.82, 2.24) is 5.32 Å². The molecule has 2 atom stereocenters. The molecule has 0 fully saturated rings. The number of hydrogen-bond donors (Lipinski definition) is 3. The molecule has 1 amide bonds. The molecule has 0 heterocycles. The smallest absolute Gasteiger partial charge is 0.417 e. The number of ketones is 1. The Hall–Kier alpha value is -5.21. The highest BCUT2D eigenvalue weighted by atomic mass is 35.5. The predicted octanol–water partition coefficient (Wildman–Crippen LogP) is 7.81. The highest BCUT2D eigenvalue weighted by Gasteiger charge is 2.36. The lowest BCUT2D eigenvalue weighted by atomic mass is 10.0. The van der Waals surface area contributed by atoms with Crippen molar-refractivity contribution in [2.75, 3.05) is 7.11 Å². The number of carbonyl (C=O) groups excluding carboxylic acids is 3. The molecule has 4 rings (SSSR count). The molecule has 0 aliphatic carbocycles. The molecule has 0 bridgehead atoms. The summed E-state index contributed by atoms with van der Waals surface area (Å²) < 4.78 is 80.4. The van der Waals surface area contributed by atoms with E-state index in [0.29, 0.717) is 6.42 Å². The van der Waals surface area contributed by atoms with Crippen molar-refractivity contribution < 1.29 is 55.4 Å². The van der Waals surface area contributed by atoms with Crippen molar-refractivity contribution in [3.05, 3.63) is 142 Å². The molecule has 286 valence electrons. The van der Waals surface area contributed by atoms with Crippen LogP contribution in [-0.2, 0) is 39.5 Å². The Labute approximate surface area is 308 Å². The van der Waals surface area contributed by atoms with E-state index in [4.69, 9.17) is 10.8 Å². The third-order valence-electron chi connectivity index (χ3n) is 7.39. The fraction of sp³-hybridized carbons (Fsp3) is 0.263. The highest BCUT2D eigenvalue weighted by molar-refractivity contribution is 5.98. The monoisotopic (exact) mass is 768 g/mol. The van der Waals surface area contributed by atoms with Gasteiger partial charge in [0.2, 0.25) is 0 Å². The van der Waals surface area contributed by atoms with E-state index in [9.17, 15) is 45.5 Å². The number of nitrogens with two attached hydrogens (primary N) is 1. The first-order valence-corrected chi connectivity index (χ1v) is 15.6. The van der Waals surface area contributed by atoms with Crippen LogP contribution in [0.1, 0.15) is 61.0 Å². The SMILES string of the molecule is CC(=O)C(N)Cc1ccc(C)cc1.COC(=O)C(Cc1ccc(C)cc1)NC(=O)c1ccccc1C(F)(F)F.Cl.O=C(O)c1ccccc1C(F)(F)F. The number of alkyl halides is 6. The number of nitrogens with one attached hydrogen (secondary N) is 1. The van der Waals surface area contributed by atoms with Crippen LogP contribution in [0.2, 0.25) is 0 Å². The molecular formula is C38H39ClF6N2O6. The third-order valence-corrected chi connectivity index (χ3v) is 7.39. The number of aromatic carboxylic acids is 1. The van der Waals surface area contributed by atoms with Gasteiger partial charge >= 0.3 is 24.3 Å². The minimum absolute atomic E-state index is 0. The molecule has 0 saturated heterocycles. The summed E-state index contributed by atoms with van der Waals surface area (Å²) in [5.41, 5.74) is 6.29. The number of carboxylic acids is 1. The summed E-state index contributed by atoms with van der Waals surface area (Å²) in [5.74, 6) is -3.25. The van der Waals surface area contributed by atoms with Crippen LogP contribution in [-0.4, -0.2) is 47.9 Å². The number of hydrogen-bond acceptors (Lipinski definition) is 6. The van der Waals surface area contributed by atoms with E-state index < -0.39 is 58.5 Å². The van der Waals surface area contributed by atoms with Crippen molar-refractivity contribution in [3.63, 3.8) is 0 Å². The summed E-state index contributed by atoms with van der Waals surface area (Å²) in [4.78, 5) is 45.6. The van der Waals surface area contributed by atoms with Gasteiger partial charge in [-0.2, -0.15) is 26.3 Å².